The molecule has 1 saturated heterocycles. The lowest BCUT2D eigenvalue weighted by molar-refractivity contribution is -0.252. The van der Waals surface area contributed by atoms with Crippen LogP contribution in [0.15, 0.2) is 0 Å². The van der Waals surface area contributed by atoms with Gasteiger partial charge in [0.05, 0.1) is 6.61 Å². The molecule has 15 heteroatoms. The number of carboxylic acid groups (broad SMARTS) is 2. The number of hydrogen-bond donors (Lipinski definition) is 10. The van der Waals surface area contributed by atoms with Crippen molar-refractivity contribution in [3.05, 3.63) is 0 Å². The highest BCUT2D eigenvalue weighted by Crippen LogP contribution is 2.12. The summed E-state index contributed by atoms with van der Waals surface area (Å²) in [7, 11) is 0. The third kappa shape index (κ3) is 10.7. The van der Waals surface area contributed by atoms with Crippen molar-refractivity contribution >= 4 is 36.4 Å². The second kappa shape index (κ2) is 14.1. The van der Waals surface area contributed by atoms with Crippen LogP contribution in [0.1, 0.15) is 12.8 Å². The second-order valence-electron chi connectivity index (χ2n) is 6.17. The van der Waals surface area contributed by atoms with Gasteiger partial charge in [-0.25, -0.2) is 0 Å². The number of hydrogen-bond acceptors (Lipinski definition) is 11. The molecule has 174 valence electrons. The Bertz CT molecular complexity index is 580. The van der Waals surface area contributed by atoms with E-state index in [1.165, 1.54) is 0 Å². The van der Waals surface area contributed by atoms with Crippen molar-refractivity contribution in [3.63, 3.8) is 0 Å². The Labute approximate surface area is 176 Å². The number of thiol groups is 1. The van der Waals surface area contributed by atoms with Crippen LogP contribution < -0.4 is 16.4 Å². The molecule has 0 bridgehead atoms. The van der Waals surface area contributed by atoms with Gasteiger partial charge in [-0.1, -0.05) is 0 Å². The van der Waals surface area contributed by atoms with E-state index >= 15 is 0 Å². The number of aliphatic hydroxyl groups excluding tert-OH is 4. The molecule has 0 spiro atoms. The molecular formula is C15H27N3O11S. The fraction of sp³-hybridized carbons (Fsp3) is 0.733. The number of aliphatic carboxylic acids is 2. The summed E-state index contributed by atoms with van der Waals surface area (Å²) in [6.45, 7) is -0.720. The molecule has 1 aliphatic rings. The molecule has 1 heterocycles. The molecule has 1 rings (SSSR count). The zero-order chi connectivity index (χ0) is 23.4. The Balaban J connectivity index is 0.000000696. The largest absolute Gasteiger partial charge is 0.480 e. The Morgan fingerprint density at radius 2 is 1.70 bits per heavy atom. The van der Waals surface area contributed by atoms with Gasteiger partial charge in [0.1, 0.15) is 36.9 Å². The van der Waals surface area contributed by atoms with Crippen molar-refractivity contribution < 1.29 is 54.6 Å². The van der Waals surface area contributed by atoms with Gasteiger partial charge in [0.25, 0.3) is 0 Å². The number of amides is 2. The third-order valence-corrected chi connectivity index (χ3v) is 4.09. The first-order valence-corrected chi connectivity index (χ1v) is 9.25. The number of carbonyl (C=O) groups is 4. The Morgan fingerprint density at radius 3 is 2.17 bits per heavy atom. The minimum absolute atomic E-state index is 0.0256. The first kappa shape index (κ1) is 28.0. The van der Waals surface area contributed by atoms with E-state index in [1.807, 2.05) is 0 Å². The van der Waals surface area contributed by atoms with Crippen LogP contribution in [0.25, 0.3) is 0 Å². The lowest BCUT2D eigenvalue weighted by Crippen LogP contribution is -2.52. The van der Waals surface area contributed by atoms with E-state index in [-0.39, 0.29) is 25.2 Å². The smallest absolute Gasteiger partial charge is 0.322 e. The molecule has 0 saturated carbocycles. The van der Waals surface area contributed by atoms with Crippen molar-refractivity contribution in [2.75, 3.05) is 18.9 Å². The van der Waals surface area contributed by atoms with E-state index in [0.29, 0.717) is 0 Å². The predicted molar refractivity (Wildman–Crippen MR) is 101 cm³/mol. The van der Waals surface area contributed by atoms with Crippen molar-refractivity contribution in [1.29, 1.82) is 0 Å². The average Bonchev–Trinajstić information content (AvgIpc) is 2.69. The van der Waals surface area contributed by atoms with Crippen LogP contribution in [-0.4, -0.2) is 110 Å². The monoisotopic (exact) mass is 457 g/mol. The van der Waals surface area contributed by atoms with Crippen molar-refractivity contribution in [1.82, 2.24) is 10.6 Å². The van der Waals surface area contributed by atoms with Gasteiger partial charge in [-0.2, -0.15) is 12.6 Å². The number of aliphatic hydroxyl groups is 4. The summed E-state index contributed by atoms with van der Waals surface area (Å²) in [5, 5.41) is 56.6. The van der Waals surface area contributed by atoms with Crippen molar-refractivity contribution in [3.8, 4) is 0 Å². The van der Waals surface area contributed by atoms with Crippen LogP contribution >= 0.6 is 12.6 Å². The van der Waals surface area contributed by atoms with Crippen LogP contribution in [0.3, 0.4) is 0 Å². The van der Waals surface area contributed by atoms with Gasteiger partial charge in [0.15, 0.2) is 6.29 Å². The minimum atomic E-state index is -1.41. The summed E-state index contributed by atoms with van der Waals surface area (Å²) >= 11 is 3.87. The van der Waals surface area contributed by atoms with Crippen LogP contribution in [0.5, 0.6) is 0 Å². The third-order valence-electron chi connectivity index (χ3n) is 3.72. The normalized spacial score (nSPS) is 25.1. The van der Waals surface area contributed by atoms with Crippen LogP contribution in [0, 0.1) is 0 Å². The zero-order valence-corrected chi connectivity index (χ0v) is 16.6. The molecular weight excluding hydrogens is 430 g/mol. The lowest BCUT2D eigenvalue weighted by atomic mass is 10.1. The van der Waals surface area contributed by atoms with E-state index in [0.717, 1.165) is 0 Å². The zero-order valence-electron chi connectivity index (χ0n) is 15.7. The molecule has 10 N–H and O–H groups in total. The highest BCUT2D eigenvalue weighted by atomic mass is 32.1. The minimum Gasteiger partial charge on any atom is -0.480 e. The maximum Gasteiger partial charge on any atom is 0.322 e. The summed E-state index contributed by atoms with van der Waals surface area (Å²) in [4.78, 5) is 43.7. The lowest BCUT2D eigenvalue weighted by Gasteiger charge is -2.31. The predicted octanol–water partition coefficient (Wildman–Crippen LogP) is -4.79. The van der Waals surface area contributed by atoms with Gasteiger partial charge in [-0.3, -0.25) is 19.2 Å². The molecule has 2 amide bonds. The molecule has 0 aromatic rings. The number of ether oxygens (including phenoxy) is 1. The molecule has 3 unspecified atom stereocenters. The maximum absolute atomic E-state index is 11.5. The highest BCUT2D eigenvalue weighted by molar-refractivity contribution is 7.80. The van der Waals surface area contributed by atoms with Crippen molar-refractivity contribution in [2.45, 2.75) is 49.5 Å². The fourth-order valence-corrected chi connectivity index (χ4v) is 2.20. The number of carbonyl (C=O) groups excluding carboxylic acids is 2. The topological polar surface area (TPSA) is 249 Å². The average molecular weight is 457 g/mol. The Kier molecular flexibility index (Phi) is 13.1. The van der Waals surface area contributed by atoms with Gasteiger partial charge in [0.2, 0.25) is 11.8 Å². The van der Waals surface area contributed by atoms with E-state index in [4.69, 9.17) is 36.4 Å². The van der Waals surface area contributed by atoms with E-state index in [2.05, 4.69) is 28.0 Å². The van der Waals surface area contributed by atoms with Gasteiger partial charge in [-0.15, -0.1) is 0 Å². The standard InChI is InChI=1S/C10H17N3O6S.C5H10O5/c11-5(10(18)19)1-2-7(14)13-6(4-20)9(17)12-3-8(15)16;6-2-1-10-5(9)4(8)3(2)7/h5-6,20H,1-4,11H2,(H,12,17)(H,13,14)(H,15,16)(H,18,19);2-9H,1H2/t;2-,3+,4-,5?/m.1/s1. The molecule has 0 aromatic heterocycles. The van der Waals surface area contributed by atoms with Gasteiger partial charge < -0.3 is 51.7 Å². The van der Waals surface area contributed by atoms with E-state index < -0.39 is 67.0 Å². The van der Waals surface area contributed by atoms with Crippen LogP contribution in [0.2, 0.25) is 0 Å². The highest BCUT2D eigenvalue weighted by Gasteiger charge is 2.36. The van der Waals surface area contributed by atoms with Crippen molar-refractivity contribution in [2.24, 2.45) is 5.73 Å². The molecule has 0 aromatic carbocycles. The maximum atomic E-state index is 11.5. The Hall–Kier alpha value is -2.01. The first-order valence-electron chi connectivity index (χ1n) is 8.62. The molecule has 0 aliphatic carbocycles. The fourth-order valence-electron chi connectivity index (χ4n) is 1.95. The summed E-state index contributed by atoms with van der Waals surface area (Å²) in [6.07, 6.45) is -5.47. The van der Waals surface area contributed by atoms with Crippen LogP contribution in [0.4, 0.5) is 0 Å². The number of nitrogens with two attached hydrogens (primary N) is 1. The number of rotatable bonds is 9. The molecule has 1 aliphatic heterocycles. The van der Waals surface area contributed by atoms with Gasteiger partial charge in [-0.05, 0) is 6.42 Å². The molecule has 1 fully saturated rings. The summed E-state index contributed by atoms with van der Waals surface area (Å²) in [6, 6.07) is -2.15. The molecule has 6 atom stereocenters. The first-order chi connectivity index (χ1) is 13.9. The van der Waals surface area contributed by atoms with Gasteiger partial charge in [0, 0.05) is 12.2 Å². The Morgan fingerprint density at radius 1 is 1.10 bits per heavy atom. The quantitative estimate of drug-likeness (QED) is 0.146. The molecule has 0 radical (unpaired) electrons. The summed E-state index contributed by atoms with van der Waals surface area (Å²) in [5.41, 5.74) is 5.23. The summed E-state index contributed by atoms with van der Waals surface area (Å²) in [5.74, 6) is -3.70. The van der Waals surface area contributed by atoms with Crippen LogP contribution in [-0.2, 0) is 23.9 Å². The second-order valence-corrected chi connectivity index (χ2v) is 6.54. The van der Waals surface area contributed by atoms with E-state index in [1.54, 1.807) is 0 Å². The number of nitrogens with one attached hydrogen (secondary N) is 2. The van der Waals surface area contributed by atoms with E-state index in [9.17, 15) is 19.2 Å². The summed E-state index contributed by atoms with van der Waals surface area (Å²) < 4.78 is 4.47. The molecule has 30 heavy (non-hydrogen) atoms. The van der Waals surface area contributed by atoms with Gasteiger partial charge >= 0.3 is 11.9 Å². The number of carboxylic acids is 2. The molecule has 14 nitrogen and oxygen atoms in total. The SMILES string of the molecule is NC(CCC(=O)NC(CS)C(=O)NCC(=O)O)C(=O)O.OC1OC[C@@H](O)[C@H](O)[C@H]1O.